The van der Waals surface area contributed by atoms with Gasteiger partial charge in [0, 0.05) is 36.5 Å². The maximum Gasteiger partial charge on any atom is 0.230 e. The SMILES string of the molecule is CCn1c(SCC(=O)NCC2(c3ccccc3)CC2)nnc1-c1ccncc1. The molecule has 1 aliphatic carbocycles. The molecule has 28 heavy (non-hydrogen) atoms. The van der Waals surface area contributed by atoms with Crippen molar-refractivity contribution in [2.45, 2.75) is 36.9 Å². The predicted octanol–water partition coefficient (Wildman–Crippen LogP) is 3.30. The molecule has 0 bridgehead atoms. The maximum atomic E-state index is 12.4. The van der Waals surface area contributed by atoms with Crippen molar-refractivity contribution >= 4 is 17.7 Å². The Hall–Kier alpha value is -2.67. The van der Waals surface area contributed by atoms with Gasteiger partial charge in [0.2, 0.25) is 5.91 Å². The Morgan fingerprint density at radius 2 is 1.89 bits per heavy atom. The first-order valence-corrected chi connectivity index (χ1v) is 10.5. The van der Waals surface area contributed by atoms with Crippen molar-refractivity contribution in [3.8, 4) is 11.4 Å². The first kappa shape index (κ1) is 18.7. The second kappa shape index (κ2) is 8.14. The highest BCUT2D eigenvalue weighted by Crippen LogP contribution is 2.47. The molecule has 1 amide bonds. The molecule has 1 N–H and O–H groups in total. The minimum atomic E-state index is 0.0309. The number of amides is 1. The van der Waals surface area contributed by atoms with Crippen molar-refractivity contribution in [1.29, 1.82) is 0 Å². The minimum Gasteiger partial charge on any atom is -0.354 e. The number of hydrogen-bond donors (Lipinski definition) is 1. The Kier molecular flexibility index (Phi) is 5.43. The molecule has 4 rings (SSSR count). The van der Waals surface area contributed by atoms with E-state index in [1.807, 2.05) is 22.8 Å². The lowest BCUT2D eigenvalue weighted by atomic mass is 9.96. The number of carbonyl (C=O) groups is 1. The molecule has 0 aliphatic heterocycles. The highest BCUT2D eigenvalue weighted by atomic mass is 32.2. The van der Waals surface area contributed by atoms with Gasteiger partial charge in [-0.05, 0) is 37.5 Å². The number of hydrogen-bond acceptors (Lipinski definition) is 5. The lowest BCUT2D eigenvalue weighted by Crippen LogP contribution is -2.33. The van der Waals surface area contributed by atoms with Crippen LogP contribution < -0.4 is 5.32 Å². The van der Waals surface area contributed by atoms with Gasteiger partial charge in [-0.3, -0.25) is 9.78 Å². The first-order valence-electron chi connectivity index (χ1n) is 9.50. The van der Waals surface area contributed by atoms with Gasteiger partial charge >= 0.3 is 0 Å². The fourth-order valence-electron chi connectivity index (χ4n) is 3.35. The number of thioether (sulfide) groups is 1. The summed E-state index contributed by atoms with van der Waals surface area (Å²) in [5.74, 6) is 1.16. The molecular formula is C21H23N5OS. The molecule has 1 fully saturated rings. The Labute approximate surface area is 168 Å². The molecule has 7 heteroatoms. The number of rotatable bonds is 8. The summed E-state index contributed by atoms with van der Waals surface area (Å²) in [6.07, 6.45) is 5.74. The summed E-state index contributed by atoms with van der Waals surface area (Å²) < 4.78 is 2.03. The predicted molar refractivity (Wildman–Crippen MR) is 110 cm³/mol. The lowest BCUT2D eigenvalue weighted by molar-refractivity contribution is -0.118. The van der Waals surface area contributed by atoms with Crippen LogP contribution in [0.25, 0.3) is 11.4 Å². The van der Waals surface area contributed by atoms with Gasteiger partial charge in [0.05, 0.1) is 5.75 Å². The summed E-state index contributed by atoms with van der Waals surface area (Å²) in [4.78, 5) is 16.4. The third-order valence-electron chi connectivity index (χ3n) is 5.17. The number of benzene rings is 1. The quantitative estimate of drug-likeness (QED) is 0.595. The molecule has 2 aromatic heterocycles. The fraction of sp³-hybridized carbons (Fsp3) is 0.333. The summed E-state index contributed by atoms with van der Waals surface area (Å²) in [7, 11) is 0. The number of carbonyl (C=O) groups excluding carboxylic acids is 1. The van der Waals surface area contributed by atoms with Crippen LogP contribution >= 0.6 is 11.8 Å². The van der Waals surface area contributed by atoms with Gasteiger partial charge in [-0.15, -0.1) is 10.2 Å². The van der Waals surface area contributed by atoms with E-state index in [1.54, 1.807) is 12.4 Å². The molecule has 1 aliphatic rings. The molecule has 0 radical (unpaired) electrons. The van der Waals surface area contributed by atoms with Crippen LogP contribution in [0.2, 0.25) is 0 Å². The summed E-state index contributed by atoms with van der Waals surface area (Å²) in [5, 5.41) is 12.4. The van der Waals surface area contributed by atoms with Crippen molar-refractivity contribution in [2.24, 2.45) is 0 Å². The topological polar surface area (TPSA) is 72.7 Å². The van der Waals surface area contributed by atoms with Gasteiger partial charge in [0.25, 0.3) is 0 Å². The van der Waals surface area contributed by atoms with Gasteiger partial charge < -0.3 is 9.88 Å². The second-order valence-corrected chi connectivity index (χ2v) is 7.94. The highest BCUT2D eigenvalue weighted by molar-refractivity contribution is 7.99. The van der Waals surface area contributed by atoms with E-state index in [1.165, 1.54) is 17.3 Å². The first-order chi connectivity index (χ1) is 13.7. The van der Waals surface area contributed by atoms with Crippen LogP contribution in [-0.4, -0.2) is 38.0 Å². The smallest absolute Gasteiger partial charge is 0.230 e. The zero-order valence-corrected chi connectivity index (χ0v) is 16.7. The molecule has 2 heterocycles. The van der Waals surface area contributed by atoms with Crippen LogP contribution in [0.3, 0.4) is 0 Å². The Morgan fingerprint density at radius 3 is 2.57 bits per heavy atom. The van der Waals surface area contributed by atoms with Crippen LogP contribution in [0.5, 0.6) is 0 Å². The van der Waals surface area contributed by atoms with E-state index < -0.39 is 0 Å². The van der Waals surface area contributed by atoms with Crippen LogP contribution in [0.15, 0.2) is 60.0 Å². The average molecular weight is 394 g/mol. The minimum absolute atomic E-state index is 0.0309. The number of aromatic nitrogens is 4. The molecule has 0 unspecified atom stereocenters. The standard InChI is InChI=1S/C21H23N5OS/c1-2-26-19(16-8-12-22-13-9-16)24-25-20(26)28-14-18(27)23-15-21(10-11-21)17-6-4-3-5-7-17/h3-9,12-13H,2,10-11,14-15H2,1H3,(H,23,27). The van der Waals surface area contributed by atoms with Gasteiger partial charge in [-0.25, -0.2) is 0 Å². The molecule has 144 valence electrons. The van der Waals surface area contributed by atoms with Crippen LogP contribution in [0.1, 0.15) is 25.3 Å². The number of nitrogens with zero attached hydrogens (tertiary/aromatic N) is 4. The molecule has 1 saturated carbocycles. The van der Waals surface area contributed by atoms with E-state index >= 15 is 0 Å². The van der Waals surface area contributed by atoms with Crippen molar-refractivity contribution in [3.05, 3.63) is 60.4 Å². The Balaban J connectivity index is 1.35. The van der Waals surface area contributed by atoms with E-state index in [-0.39, 0.29) is 11.3 Å². The summed E-state index contributed by atoms with van der Waals surface area (Å²) in [5.41, 5.74) is 2.41. The Bertz CT molecular complexity index is 938. The third kappa shape index (κ3) is 3.94. The van der Waals surface area contributed by atoms with Crippen LogP contribution in [0, 0.1) is 0 Å². The van der Waals surface area contributed by atoms with Crippen molar-refractivity contribution in [2.75, 3.05) is 12.3 Å². The molecule has 3 aromatic rings. The number of nitrogens with one attached hydrogen (secondary N) is 1. The number of pyridine rings is 1. The van der Waals surface area contributed by atoms with Gasteiger partial charge in [0.1, 0.15) is 0 Å². The second-order valence-electron chi connectivity index (χ2n) is 7.00. The summed E-state index contributed by atoms with van der Waals surface area (Å²) >= 11 is 1.42. The van der Waals surface area contributed by atoms with Crippen LogP contribution in [0.4, 0.5) is 0 Å². The van der Waals surface area contributed by atoms with Crippen molar-refractivity contribution in [3.63, 3.8) is 0 Å². The summed E-state index contributed by atoms with van der Waals surface area (Å²) in [6, 6.07) is 14.3. The average Bonchev–Trinajstić information content (AvgIpc) is 3.44. The zero-order valence-electron chi connectivity index (χ0n) is 15.8. The molecular weight excluding hydrogens is 370 g/mol. The van der Waals surface area contributed by atoms with E-state index in [9.17, 15) is 4.79 Å². The molecule has 1 aromatic carbocycles. The molecule has 6 nitrogen and oxygen atoms in total. The summed E-state index contributed by atoms with van der Waals surface area (Å²) in [6.45, 7) is 3.49. The monoisotopic (exact) mass is 393 g/mol. The fourth-order valence-corrected chi connectivity index (χ4v) is 4.19. The Morgan fingerprint density at radius 1 is 1.14 bits per heavy atom. The van der Waals surface area contributed by atoms with Gasteiger partial charge in [-0.1, -0.05) is 42.1 Å². The lowest BCUT2D eigenvalue weighted by Gasteiger charge is -2.16. The highest BCUT2D eigenvalue weighted by Gasteiger charge is 2.44. The van der Waals surface area contributed by atoms with Crippen molar-refractivity contribution < 1.29 is 4.79 Å². The van der Waals surface area contributed by atoms with Gasteiger partial charge in [0.15, 0.2) is 11.0 Å². The molecule has 0 atom stereocenters. The van der Waals surface area contributed by atoms with Crippen LogP contribution in [-0.2, 0) is 16.8 Å². The van der Waals surface area contributed by atoms with E-state index in [4.69, 9.17) is 0 Å². The van der Waals surface area contributed by atoms with E-state index in [0.29, 0.717) is 12.3 Å². The largest absolute Gasteiger partial charge is 0.354 e. The van der Waals surface area contributed by atoms with Gasteiger partial charge in [-0.2, -0.15) is 0 Å². The zero-order chi connectivity index (χ0) is 19.4. The molecule has 0 saturated heterocycles. The van der Waals surface area contributed by atoms with E-state index in [0.717, 1.165) is 35.9 Å². The van der Waals surface area contributed by atoms with E-state index in [2.05, 4.69) is 51.7 Å². The third-order valence-corrected chi connectivity index (χ3v) is 6.13. The maximum absolute atomic E-state index is 12.4. The normalized spacial score (nSPS) is 14.6. The molecule has 0 spiro atoms. The van der Waals surface area contributed by atoms with Crippen molar-refractivity contribution in [1.82, 2.24) is 25.1 Å².